The van der Waals surface area contributed by atoms with Crippen LogP contribution in [0.1, 0.15) is 45.4 Å². The summed E-state index contributed by atoms with van der Waals surface area (Å²) in [7, 11) is 0. The lowest BCUT2D eigenvalue weighted by molar-refractivity contribution is -0.195. The van der Waals surface area contributed by atoms with E-state index in [4.69, 9.17) is 10.5 Å². The van der Waals surface area contributed by atoms with Crippen LogP contribution in [0.4, 0.5) is 10.2 Å². The summed E-state index contributed by atoms with van der Waals surface area (Å²) in [5.74, 6) is -0.742. The van der Waals surface area contributed by atoms with Crippen LogP contribution in [0.25, 0.3) is 0 Å². The number of rotatable bonds is 3. The summed E-state index contributed by atoms with van der Waals surface area (Å²) < 4.78 is 20.8. The highest BCUT2D eigenvalue weighted by atomic mass is 19.1. The van der Waals surface area contributed by atoms with Gasteiger partial charge in [-0.05, 0) is 63.2 Å². The van der Waals surface area contributed by atoms with Crippen LogP contribution in [0.3, 0.4) is 0 Å². The largest absolute Gasteiger partial charge is 0.387 e. The van der Waals surface area contributed by atoms with Crippen LogP contribution in [0, 0.1) is 29.0 Å². The Kier molecular flexibility index (Phi) is 4.02. The number of aromatic nitrogens is 2. The van der Waals surface area contributed by atoms with E-state index < -0.39 is 52.6 Å². The molecule has 158 valence electrons. The van der Waals surface area contributed by atoms with Crippen molar-refractivity contribution >= 4 is 11.6 Å². The smallest absolute Gasteiger partial charge is 0.352 e. The molecule has 0 radical (unpaired) electrons. The number of hydrogen-bond donors (Lipinski definition) is 3. The Balaban J connectivity index is 1.68. The molecule has 5 aliphatic rings. The van der Waals surface area contributed by atoms with Crippen molar-refractivity contribution in [2.75, 3.05) is 5.73 Å². The average molecular weight is 407 g/mol. The number of carbonyl (C=O) groups excluding carboxylic acids is 1. The molecular formula is C20H26FN3O5. The van der Waals surface area contributed by atoms with Gasteiger partial charge in [0.1, 0.15) is 12.2 Å². The van der Waals surface area contributed by atoms with Gasteiger partial charge in [-0.2, -0.15) is 4.98 Å². The average Bonchev–Trinajstić information content (AvgIpc) is 2.88. The molecule has 1 aliphatic heterocycles. The summed E-state index contributed by atoms with van der Waals surface area (Å²) in [5.41, 5.74) is 1.44. The van der Waals surface area contributed by atoms with Crippen molar-refractivity contribution < 1.29 is 24.1 Å². The minimum atomic E-state index is -2.22. The van der Waals surface area contributed by atoms with Gasteiger partial charge in [0.2, 0.25) is 5.72 Å². The van der Waals surface area contributed by atoms with E-state index in [0.717, 1.165) is 25.5 Å². The predicted octanol–water partition coefficient (Wildman–Crippen LogP) is 0.543. The van der Waals surface area contributed by atoms with Gasteiger partial charge in [0.05, 0.1) is 12.3 Å². The van der Waals surface area contributed by atoms with Gasteiger partial charge in [0.15, 0.2) is 17.4 Å². The lowest BCUT2D eigenvalue weighted by atomic mass is 9.47. The molecule has 0 spiro atoms. The SMILES string of the molecule is C[C@H]1O[C@@](C(=O)C23CC4CC(CC(C4)C2)C3)(n2cc(F)c(N)nc2=O)[C@H](O)[C@@H]1O. The van der Waals surface area contributed by atoms with E-state index in [1.165, 1.54) is 6.92 Å². The zero-order valence-electron chi connectivity index (χ0n) is 16.3. The maximum absolute atomic E-state index is 14.3. The third kappa shape index (κ3) is 2.50. The zero-order valence-corrected chi connectivity index (χ0v) is 16.3. The van der Waals surface area contributed by atoms with Gasteiger partial charge in [0, 0.05) is 5.41 Å². The van der Waals surface area contributed by atoms with Crippen molar-refractivity contribution in [3.05, 3.63) is 22.5 Å². The predicted molar refractivity (Wildman–Crippen MR) is 99.0 cm³/mol. The van der Waals surface area contributed by atoms with Crippen LogP contribution in [0.15, 0.2) is 11.0 Å². The van der Waals surface area contributed by atoms with Gasteiger partial charge >= 0.3 is 5.69 Å². The minimum Gasteiger partial charge on any atom is -0.387 e. The second-order valence-electron chi connectivity index (χ2n) is 9.61. The van der Waals surface area contributed by atoms with E-state index in [1.54, 1.807) is 0 Å². The molecule has 29 heavy (non-hydrogen) atoms. The first-order valence-electron chi connectivity index (χ1n) is 10.3. The van der Waals surface area contributed by atoms with E-state index in [9.17, 15) is 24.2 Å². The number of aliphatic hydroxyl groups excluding tert-OH is 2. The van der Waals surface area contributed by atoms with Gasteiger partial charge in [0.25, 0.3) is 0 Å². The Labute approximate surface area is 166 Å². The van der Waals surface area contributed by atoms with Crippen LogP contribution < -0.4 is 11.4 Å². The first-order chi connectivity index (χ1) is 13.7. The number of nitrogens with two attached hydrogens (primary N) is 1. The molecule has 5 fully saturated rings. The van der Waals surface area contributed by atoms with Crippen LogP contribution in [-0.2, 0) is 15.3 Å². The lowest BCUT2D eigenvalue weighted by Gasteiger charge is -2.57. The van der Waals surface area contributed by atoms with Gasteiger partial charge in [-0.1, -0.05) is 0 Å². The van der Waals surface area contributed by atoms with E-state index in [1.807, 2.05) is 0 Å². The number of ketones is 1. The van der Waals surface area contributed by atoms with Crippen molar-refractivity contribution in [1.82, 2.24) is 9.55 Å². The molecular weight excluding hydrogens is 381 g/mol. The Hall–Kier alpha value is -1.84. The Morgan fingerprint density at radius 1 is 1.24 bits per heavy atom. The second-order valence-corrected chi connectivity index (χ2v) is 9.61. The molecule has 1 saturated heterocycles. The molecule has 2 heterocycles. The lowest BCUT2D eigenvalue weighted by Crippen LogP contribution is -2.63. The number of Topliss-reactive ketones (excluding diaryl/α,β-unsaturated/α-hetero) is 1. The summed E-state index contributed by atoms with van der Waals surface area (Å²) in [6.07, 6.45) is 2.01. The van der Waals surface area contributed by atoms with Crippen molar-refractivity contribution in [2.24, 2.45) is 23.2 Å². The zero-order chi connectivity index (χ0) is 20.7. The fraction of sp³-hybridized carbons (Fsp3) is 0.750. The van der Waals surface area contributed by atoms with Crippen LogP contribution in [0.2, 0.25) is 0 Å². The molecule has 8 nitrogen and oxygen atoms in total. The standard InChI is InChI=1S/C20H26FN3O5/c1-9-14(25)15(26)20(29-9,24-8-13(21)16(22)23-18(24)28)17(27)19-5-10-2-11(6-19)4-12(3-10)7-19/h8-12,14-15,25-26H,2-7H2,1H3,(H2,22,23,28)/t9-,10?,11?,12?,14-,15-,19?,20+/m1/s1. The monoisotopic (exact) mass is 407 g/mol. The fourth-order valence-corrected chi connectivity index (χ4v) is 6.86. The highest BCUT2D eigenvalue weighted by Crippen LogP contribution is 2.62. The number of nitrogens with zero attached hydrogens (tertiary/aromatic N) is 2. The number of carbonyl (C=O) groups is 1. The van der Waals surface area contributed by atoms with E-state index >= 15 is 0 Å². The summed E-state index contributed by atoms with van der Waals surface area (Å²) in [4.78, 5) is 30.3. The van der Waals surface area contributed by atoms with Crippen molar-refractivity contribution in [3.63, 3.8) is 0 Å². The topological polar surface area (TPSA) is 128 Å². The van der Waals surface area contributed by atoms with E-state index in [-0.39, 0.29) is 0 Å². The van der Waals surface area contributed by atoms with Gasteiger partial charge in [-0.15, -0.1) is 0 Å². The summed E-state index contributed by atoms with van der Waals surface area (Å²) in [6, 6.07) is 0. The first kappa shape index (κ1) is 19.1. The highest BCUT2D eigenvalue weighted by Gasteiger charge is 2.67. The molecule has 0 unspecified atom stereocenters. The number of anilines is 1. The third-order valence-electron chi connectivity index (χ3n) is 7.68. The second kappa shape index (κ2) is 6.09. The molecule has 4 saturated carbocycles. The maximum atomic E-state index is 14.3. The van der Waals surface area contributed by atoms with Crippen LogP contribution in [-0.4, -0.2) is 43.9 Å². The maximum Gasteiger partial charge on any atom is 0.352 e. The first-order valence-corrected chi connectivity index (χ1v) is 10.3. The van der Waals surface area contributed by atoms with Gasteiger partial charge in [-0.3, -0.25) is 9.36 Å². The molecule has 4 aliphatic carbocycles. The Morgan fingerprint density at radius 3 is 2.28 bits per heavy atom. The summed E-state index contributed by atoms with van der Waals surface area (Å²) in [6.45, 7) is 1.51. The normalized spacial score (nSPS) is 45.7. The van der Waals surface area contributed by atoms with Crippen molar-refractivity contribution in [3.8, 4) is 0 Å². The van der Waals surface area contributed by atoms with Gasteiger partial charge in [-0.25, -0.2) is 9.18 Å². The third-order valence-corrected chi connectivity index (χ3v) is 7.68. The van der Waals surface area contributed by atoms with E-state index in [0.29, 0.717) is 41.6 Å². The van der Waals surface area contributed by atoms with Crippen LogP contribution >= 0.6 is 0 Å². The quantitative estimate of drug-likeness (QED) is 0.667. The van der Waals surface area contributed by atoms with Crippen molar-refractivity contribution in [2.45, 2.75) is 69.5 Å². The fourth-order valence-electron chi connectivity index (χ4n) is 6.86. The summed E-state index contributed by atoms with van der Waals surface area (Å²) >= 11 is 0. The van der Waals surface area contributed by atoms with Crippen molar-refractivity contribution in [1.29, 1.82) is 0 Å². The minimum absolute atomic E-state index is 0.432. The van der Waals surface area contributed by atoms with Crippen LogP contribution in [0.5, 0.6) is 0 Å². The number of hydrogen-bond acceptors (Lipinski definition) is 7. The Morgan fingerprint density at radius 2 is 1.79 bits per heavy atom. The molecule has 1 aromatic heterocycles. The number of halogens is 1. The Bertz CT molecular complexity index is 898. The number of nitrogen functional groups attached to an aromatic ring is 1. The molecule has 4 atom stereocenters. The number of ether oxygens (including phenoxy) is 1. The molecule has 9 heteroatoms. The highest BCUT2D eigenvalue weighted by molar-refractivity contribution is 5.92. The molecule has 0 aromatic carbocycles. The molecule has 4 N–H and O–H groups in total. The summed E-state index contributed by atoms with van der Waals surface area (Å²) in [5, 5.41) is 21.4. The molecule has 6 rings (SSSR count). The number of aliphatic hydroxyl groups is 2. The molecule has 0 amide bonds. The van der Waals surface area contributed by atoms with Gasteiger partial charge < -0.3 is 20.7 Å². The molecule has 1 aromatic rings. The van der Waals surface area contributed by atoms with E-state index in [2.05, 4.69) is 4.98 Å². The molecule has 4 bridgehead atoms.